The number of fused-ring (bicyclic) bond motifs is 1. The first-order valence-corrected chi connectivity index (χ1v) is 11.0. The molecular weight excluding hydrogens is 411 g/mol. The van der Waals surface area contributed by atoms with E-state index in [1.54, 1.807) is 24.5 Å². The van der Waals surface area contributed by atoms with Crippen LogP contribution in [0.2, 0.25) is 0 Å². The van der Waals surface area contributed by atoms with Crippen molar-refractivity contribution in [2.24, 2.45) is 0 Å². The molecule has 0 amide bonds. The fraction of sp³-hybridized carbons (Fsp3) is 0.0952. The topological polar surface area (TPSA) is 68.3 Å². The second-order valence-electron chi connectivity index (χ2n) is 6.44. The Labute approximate surface area is 171 Å². The van der Waals surface area contributed by atoms with Crippen LogP contribution in [0.4, 0.5) is 10.1 Å². The van der Waals surface area contributed by atoms with Gasteiger partial charge in [-0.1, -0.05) is 0 Å². The zero-order valence-corrected chi connectivity index (χ0v) is 17.3. The highest BCUT2D eigenvalue weighted by molar-refractivity contribution is 7.92. The average Bonchev–Trinajstić information content (AvgIpc) is 3.13. The molecule has 0 unspecified atom stereocenters. The molecule has 8 heteroatoms. The van der Waals surface area contributed by atoms with Crippen LogP contribution in [0.3, 0.4) is 0 Å². The molecule has 0 aliphatic rings. The maximum absolute atomic E-state index is 13.1. The Morgan fingerprint density at radius 1 is 1.03 bits per heavy atom. The summed E-state index contributed by atoms with van der Waals surface area (Å²) in [6, 6.07) is 15.8. The van der Waals surface area contributed by atoms with Crippen molar-refractivity contribution in [3.8, 4) is 16.3 Å². The summed E-state index contributed by atoms with van der Waals surface area (Å²) in [4.78, 5) is 4.65. The van der Waals surface area contributed by atoms with Crippen molar-refractivity contribution in [3.63, 3.8) is 0 Å². The number of nitrogens with zero attached hydrogens (tertiary/aromatic N) is 1. The lowest BCUT2D eigenvalue weighted by molar-refractivity contribution is 0.415. The molecule has 0 spiro atoms. The van der Waals surface area contributed by atoms with Gasteiger partial charge < -0.3 is 4.74 Å². The molecule has 0 bridgehead atoms. The van der Waals surface area contributed by atoms with Crippen LogP contribution in [0, 0.1) is 12.7 Å². The molecule has 1 N–H and O–H groups in total. The lowest BCUT2D eigenvalue weighted by atomic mass is 10.1. The number of anilines is 1. The highest BCUT2D eigenvalue weighted by Crippen LogP contribution is 2.34. The summed E-state index contributed by atoms with van der Waals surface area (Å²) in [6.45, 7) is 1.82. The monoisotopic (exact) mass is 428 g/mol. The summed E-state index contributed by atoms with van der Waals surface area (Å²) in [5, 5.41) is 0.837. The minimum atomic E-state index is -3.80. The van der Waals surface area contributed by atoms with Gasteiger partial charge in [-0.2, -0.15) is 0 Å². The number of halogens is 1. The standard InChI is InChI=1S/C21H17FN2O3S2/c1-13-11-14(21-23-19-10-6-16(27-2)12-20(19)28-21)3-9-18(13)24-29(25,26)17-7-4-15(22)5-8-17/h3-12,24H,1-2H3. The Bertz CT molecular complexity index is 1300. The number of aromatic nitrogens is 1. The van der Waals surface area contributed by atoms with Crippen molar-refractivity contribution < 1.29 is 17.5 Å². The summed E-state index contributed by atoms with van der Waals surface area (Å²) in [7, 11) is -2.18. The molecule has 1 heterocycles. The van der Waals surface area contributed by atoms with E-state index in [0.717, 1.165) is 44.2 Å². The molecule has 4 rings (SSSR count). The van der Waals surface area contributed by atoms with E-state index >= 15 is 0 Å². The van der Waals surface area contributed by atoms with Gasteiger partial charge in [0.2, 0.25) is 0 Å². The Balaban J connectivity index is 1.63. The molecule has 1 aromatic heterocycles. The molecule has 0 aliphatic heterocycles. The predicted molar refractivity (Wildman–Crippen MR) is 114 cm³/mol. The molecule has 0 atom stereocenters. The van der Waals surface area contributed by atoms with Gasteiger partial charge in [-0.05, 0) is 73.2 Å². The molecule has 0 fully saturated rings. The van der Waals surface area contributed by atoms with Crippen LogP contribution >= 0.6 is 11.3 Å². The highest BCUT2D eigenvalue weighted by atomic mass is 32.2. The van der Waals surface area contributed by atoms with Crippen LogP contribution in [-0.2, 0) is 10.0 Å². The van der Waals surface area contributed by atoms with Gasteiger partial charge in [0.25, 0.3) is 10.0 Å². The first kappa shape index (κ1) is 19.4. The normalized spacial score (nSPS) is 11.6. The van der Waals surface area contributed by atoms with E-state index in [1.165, 1.54) is 12.1 Å². The second kappa shape index (κ2) is 7.46. The molecule has 0 radical (unpaired) electrons. The minimum absolute atomic E-state index is 0.00231. The number of sulfonamides is 1. The number of nitrogens with one attached hydrogen (secondary N) is 1. The number of ether oxygens (including phenoxy) is 1. The van der Waals surface area contributed by atoms with Gasteiger partial charge in [0.1, 0.15) is 16.6 Å². The van der Waals surface area contributed by atoms with Crippen molar-refractivity contribution in [3.05, 3.63) is 72.0 Å². The second-order valence-corrected chi connectivity index (χ2v) is 9.15. The third-order valence-electron chi connectivity index (χ3n) is 4.44. The van der Waals surface area contributed by atoms with Gasteiger partial charge in [-0.3, -0.25) is 4.72 Å². The van der Waals surface area contributed by atoms with Crippen molar-refractivity contribution in [1.29, 1.82) is 0 Å². The molecule has 0 aliphatic carbocycles. The molecule has 3 aromatic carbocycles. The van der Waals surface area contributed by atoms with Crippen LogP contribution < -0.4 is 9.46 Å². The molecular formula is C21H17FN2O3S2. The molecule has 0 saturated carbocycles. The number of rotatable bonds is 5. The van der Waals surface area contributed by atoms with E-state index in [0.29, 0.717) is 5.69 Å². The average molecular weight is 429 g/mol. The summed E-state index contributed by atoms with van der Waals surface area (Å²) >= 11 is 1.54. The quantitative estimate of drug-likeness (QED) is 0.473. The summed E-state index contributed by atoms with van der Waals surface area (Å²) in [5.41, 5.74) is 2.99. The van der Waals surface area contributed by atoms with Gasteiger partial charge in [0, 0.05) is 5.56 Å². The van der Waals surface area contributed by atoms with Crippen LogP contribution in [0.15, 0.2) is 65.6 Å². The smallest absolute Gasteiger partial charge is 0.261 e. The molecule has 4 aromatic rings. The van der Waals surface area contributed by atoms with Crippen molar-refractivity contribution >= 4 is 37.3 Å². The number of benzene rings is 3. The lowest BCUT2D eigenvalue weighted by Gasteiger charge is -2.11. The Kier molecular flexibility index (Phi) is 4.97. The zero-order valence-electron chi connectivity index (χ0n) is 15.6. The van der Waals surface area contributed by atoms with Gasteiger partial charge >= 0.3 is 0 Å². The van der Waals surface area contributed by atoms with Gasteiger partial charge in [-0.15, -0.1) is 11.3 Å². The third kappa shape index (κ3) is 3.94. The minimum Gasteiger partial charge on any atom is -0.497 e. The maximum Gasteiger partial charge on any atom is 0.261 e. The van der Waals surface area contributed by atoms with Crippen LogP contribution in [0.25, 0.3) is 20.8 Å². The fourth-order valence-corrected chi connectivity index (χ4v) is 5.01. The van der Waals surface area contributed by atoms with Crippen LogP contribution in [0.1, 0.15) is 5.56 Å². The number of thiazole rings is 1. The highest BCUT2D eigenvalue weighted by Gasteiger charge is 2.16. The summed E-state index contributed by atoms with van der Waals surface area (Å²) < 4.78 is 47.0. The van der Waals surface area contributed by atoms with E-state index < -0.39 is 15.8 Å². The van der Waals surface area contributed by atoms with Gasteiger partial charge in [0.05, 0.1) is 27.9 Å². The number of hydrogen-bond acceptors (Lipinski definition) is 5. The summed E-state index contributed by atoms with van der Waals surface area (Å²) in [6.07, 6.45) is 0. The Hall–Kier alpha value is -2.97. The molecule has 5 nitrogen and oxygen atoms in total. The molecule has 0 saturated heterocycles. The molecule has 29 heavy (non-hydrogen) atoms. The van der Waals surface area contributed by atoms with Crippen molar-refractivity contribution in [2.75, 3.05) is 11.8 Å². The van der Waals surface area contributed by atoms with E-state index in [9.17, 15) is 12.8 Å². The Morgan fingerprint density at radius 3 is 2.48 bits per heavy atom. The number of methoxy groups -OCH3 is 1. The van der Waals surface area contributed by atoms with Gasteiger partial charge in [-0.25, -0.2) is 17.8 Å². The summed E-state index contributed by atoms with van der Waals surface area (Å²) in [5.74, 6) is 0.285. The SMILES string of the molecule is COc1ccc2nc(-c3ccc(NS(=O)(=O)c4ccc(F)cc4)c(C)c3)sc2c1. The fourth-order valence-electron chi connectivity index (χ4n) is 2.88. The maximum atomic E-state index is 13.1. The van der Waals surface area contributed by atoms with E-state index in [1.807, 2.05) is 37.3 Å². The van der Waals surface area contributed by atoms with Crippen molar-refractivity contribution in [2.45, 2.75) is 11.8 Å². The Morgan fingerprint density at radius 2 is 1.79 bits per heavy atom. The predicted octanol–water partition coefficient (Wildman–Crippen LogP) is 5.22. The van der Waals surface area contributed by atoms with E-state index in [2.05, 4.69) is 9.71 Å². The van der Waals surface area contributed by atoms with E-state index in [4.69, 9.17) is 4.74 Å². The molecule has 148 valence electrons. The third-order valence-corrected chi connectivity index (χ3v) is 6.89. The van der Waals surface area contributed by atoms with Crippen LogP contribution in [0.5, 0.6) is 5.75 Å². The van der Waals surface area contributed by atoms with E-state index in [-0.39, 0.29) is 4.90 Å². The first-order chi connectivity index (χ1) is 13.9. The first-order valence-electron chi connectivity index (χ1n) is 8.70. The van der Waals surface area contributed by atoms with Crippen LogP contribution in [-0.4, -0.2) is 20.5 Å². The zero-order chi connectivity index (χ0) is 20.6. The van der Waals surface area contributed by atoms with Crippen molar-refractivity contribution in [1.82, 2.24) is 4.98 Å². The lowest BCUT2D eigenvalue weighted by Crippen LogP contribution is -2.13. The largest absolute Gasteiger partial charge is 0.497 e. The number of aryl methyl sites for hydroxylation is 1. The van der Waals surface area contributed by atoms with Gasteiger partial charge in [0.15, 0.2) is 0 Å². The number of hydrogen-bond donors (Lipinski definition) is 1.